The summed E-state index contributed by atoms with van der Waals surface area (Å²) in [4.78, 5) is 19.8. The van der Waals surface area contributed by atoms with E-state index in [2.05, 4.69) is 25.4 Å². The van der Waals surface area contributed by atoms with Crippen LogP contribution in [0.3, 0.4) is 0 Å². The van der Waals surface area contributed by atoms with E-state index in [1.165, 1.54) is 16.9 Å². The maximum atomic E-state index is 15.0. The van der Waals surface area contributed by atoms with Crippen LogP contribution in [-0.2, 0) is 16.7 Å². The second kappa shape index (κ2) is 9.16. The molecule has 198 valence electrons. The topological polar surface area (TPSA) is 89.6 Å². The van der Waals surface area contributed by atoms with Crippen LogP contribution in [0, 0.1) is 18.7 Å². The monoisotopic (exact) mass is 521 g/mol. The van der Waals surface area contributed by atoms with E-state index < -0.39 is 17.7 Å². The second-order valence-corrected chi connectivity index (χ2v) is 10.2. The Morgan fingerprint density at radius 2 is 1.89 bits per heavy atom. The summed E-state index contributed by atoms with van der Waals surface area (Å²) in [5.41, 5.74) is 2.38. The molecule has 1 saturated heterocycles. The van der Waals surface area contributed by atoms with Gasteiger partial charge in [-0.15, -0.1) is 10.2 Å². The van der Waals surface area contributed by atoms with Crippen molar-refractivity contribution in [3.63, 3.8) is 0 Å². The van der Waals surface area contributed by atoms with Gasteiger partial charge in [0.25, 0.3) is 5.91 Å². The number of rotatable bonds is 6. The van der Waals surface area contributed by atoms with Crippen molar-refractivity contribution < 1.29 is 18.3 Å². The molecule has 1 N–H and O–H groups in total. The number of carbonyl (C=O) groups is 1. The molecule has 1 saturated carbocycles. The van der Waals surface area contributed by atoms with Crippen LogP contribution in [0.15, 0.2) is 30.5 Å². The van der Waals surface area contributed by atoms with Crippen molar-refractivity contribution in [3.05, 3.63) is 59.2 Å². The van der Waals surface area contributed by atoms with E-state index >= 15 is 4.39 Å². The molecule has 0 spiro atoms. The van der Waals surface area contributed by atoms with Crippen LogP contribution in [0.4, 0.5) is 20.3 Å². The number of aromatic nitrogens is 5. The number of nitrogens with one attached hydrogen (secondary N) is 1. The van der Waals surface area contributed by atoms with Crippen LogP contribution < -0.4 is 10.2 Å². The lowest BCUT2D eigenvalue weighted by atomic mass is 9.99. The van der Waals surface area contributed by atoms with E-state index in [-0.39, 0.29) is 16.8 Å². The van der Waals surface area contributed by atoms with Crippen LogP contribution in [0.1, 0.15) is 48.4 Å². The molecule has 6 rings (SSSR count). The van der Waals surface area contributed by atoms with E-state index in [0.29, 0.717) is 43.9 Å². The van der Waals surface area contributed by atoms with Gasteiger partial charge in [0.05, 0.1) is 24.4 Å². The normalized spacial score (nSPS) is 16.7. The molecule has 0 atom stereocenters. The molecule has 3 aromatic heterocycles. The summed E-state index contributed by atoms with van der Waals surface area (Å²) in [5, 5.41) is 11.1. The summed E-state index contributed by atoms with van der Waals surface area (Å²) in [6.45, 7) is 8.40. The number of aryl methyl sites for hydroxylation is 2. The van der Waals surface area contributed by atoms with Gasteiger partial charge in [-0.05, 0) is 67.6 Å². The number of halogens is 2. The molecule has 0 unspecified atom stereocenters. The number of fused-ring (bicyclic) bond motifs is 1. The van der Waals surface area contributed by atoms with Crippen molar-refractivity contribution in [1.29, 1.82) is 0 Å². The first-order valence-corrected chi connectivity index (χ1v) is 12.9. The molecule has 9 nitrogen and oxygen atoms in total. The number of hydrogen-bond acceptors (Lipinski definition) is 6. The van der Waals surface area contributed by atoms with Crippen LogP contribution >= 0.6 is 0 Å². The Kier molecular flexibility index (Phi) is 5.90. The van der Waals surface area contributed by atoms with Crippen molar-refractivity contribution in [1.82, 2.24) is 24.4 Å². The highest BCUT2D eigenvalue weighted by atomic mass is 19.1. The first-order valence-electron chi connectivity index (χ1n) is 12.9. The number of amides is 1. The van der Waals surface area contributed by atoms with Crippen molar-refractivity contribution in [2.75, 3.05) is 36.5 Å². The Morgan fingerprint density at radius 1 is 1.13 bits per heavy atom. The van der Waals surface area contributed by atoms with Crippen LogP contribution in [0.25, 0.3) is 16.8 Å². The largest absolute Gasteiger partial charge is 0.378 e. The SMILES string of the molecule is CCc1nc2cc(-c3cc(NC(=O)c4cn(C5(C)CC5)nc4F)c(F)cc3C)cc(N3CCOCC3)n2n1. The molecule has 0 radical (unpaired) electrons. The van der Waals surface area contributed by atoms with Gasteiger partial charge in [-0.2, -0.15) is 8.91 Å². The quantitative estimate of drug-likeness (QED) is 0.406. The molecule has 2 fully saturated rings. The first kappa shape index (κ1) is 24.5. The number of nitrogens with zero attached hydrogens (tertiary/aromatic N) is 6. The number of benzene rings is 1. The van der Waals surface area contributed by atoms with Crippen molar-refractivity contribution in [3.8, 4) is 11.1 Å². The zero-order chi connectivity index (χ0) is 26.6. The van der Waals surface area contributed by atoms with Crippen molar-refractivity contribution in [2.45, 2.75) is 45.6 Å². The summed E-state index contributed by atoms with van der Waals surface area (Å²) in [7, 11) is 0. The lowest BCUT2D eigenvalue weighted by molar-refractivity contribution is 0.102. The average Bonchev–Trinajstić information content (AvgIpc) is 3.32. The van der Waals surface area contributed by atoms with Gasteiger partial charge in [0, 0.05) is 25.7 Å². The highest BCUT2D eigenvalue weighted by molar-refractivity contribution is 6.04. The molecule has 0 bridgehead atoms. The third-order valence-corrected chi connectivity index (χ3v) is 7.43. The highest BCUT2D eigenvalue weighted by Gasteiger charge is 2.41. The molecule has 1 aliphatic carbocycles. The number of anilines is 2. The zero-order valence-corrected chi connectivity index (χ0v) is 21.6. The second-order valence-electron chi connectivity index (χ2n) is 10.2. The zero-order valence-electron chi connectivity index (χ0n) is 21.6. The summed E-state index contributed by atoms with van der Waals surface area (Å²) < 4.78 is 38.4. The lowest BCUT2D eigenvalue weighted by Gasteiger charge is -2.29. The molecule has 1 aromatic carbocycles. The summed E-state index contributed by atoms with van der Waals surface area (Å²) in [6.07, 6.45) is 3.82. The molecule has 11 heteroatoms. The van der Waals surface area contributed by atoms with Crippen molar-refractivity contribution >= 4 is 23.1 Å². The third-order valence-electron chi connectivity index (χ3n) is 7.43. The molecule has 4 heterocycles. The van der Waals surface area contributed by atoms with E-state index in [0.717, 1.165) is 35.6 Å². The van der Waals surface area contributed by atoms with E-state index in [1.54, 1.807) is 6.07 Å². The fourth-order valence-corrected chi connectivity index (χ4v) is 4.80. The standard InChI is InChI=1S/C27H29F2N7O2/c1-4-22-31-23-12-17(13-24(36(23)32-22)34-7-9-38-10-8-34)18-14-21(20(28)11-16(18)2)30-26(37)19-15-35(33-25(19)29)27(3)5-6-27/h11-15H,4-10H2,1-3H3,(H,30,37). The number of pyridine rings is 1. The van der Waals surface area contributed by atoms with Crippen molar-refractivity contribution in [2.24, 2.45) is 0 Å². The third kappa shape index (κ3) is 4.30. The minimum absolute atomic E-state index is 0.0381. The number of hydrogen-bond donors (Lipinski definition) is 1. The van der Waals surface area contributed by atoms with Crippen LogP contribution in [0.5, 0.6) is 0 Å². The van der Waals surface area contributed by atoms with Crippen LogP contribution in [0.2, 0.25) is 0 Å². The Bertz CT molecular complexity index is 1550. The predicted octanol–water partition coefficient (Wildman–Crippen LogP) is 4.34. The average molecular weight is 522 g/mol. The van der Waals surface area contributed by atoms with Gasteiger partial charge in [0.2, 0.25) is 5.95 Å². The molecular formula is C27H29F2N7O2. The van der Waals surface area contributed by atoms with E-state index in [9.17, 15) is 9.18 Å². The number of ether oxygens (including phenoxy) is 1. The van der Waals surface area contributed by atoms with Gasteiger partial charge in [-0.1, -0.05) is 6.92 Å². The fraction of sp³-hybridized carbons (Fsp3) is 0.407. The van der Waals surface area contributed by atoms with Crippen LogP contribution in [-0.4, -0.2) is 56.6 Å². The molecule has 2 aliphatic rings. The molecular weight excluding hydrogens is 492 g/mol. The number of morpholine rings is 1. The van der Waals surface area contributed by atoms with Gasteiger partial charge in [-0.3, -0.25) is 9.48 Å². The minimum Gasteiger partial charge on any atom is -0.378 e. The van der Waals surface area contributed by atoms with Gasteiger partial charge >= 0.3 is 0 Å². The predicted molar refractivity (Wildman–Crippen MR) is 139 cm³/mol. The fourth-order valence-electron chi connectivity index (χ4n) is 4.80. The Balaban J connectivity index is 1.38. The molecule has 4 aromatic rings. The Labute approximate surface area is 218 Å². The molecule has 1 amide bonds. The molecule has 1 aliphatic heterocycles. The number of carbonyl (C=O) groups excluding carboxylic acids is 1. The first-order chi connectivity index (χ1) is 18.3. The summed E-state index contributed by atoms with van der Waals surface area (Å²) >= 11 is 0. The maximum absolute atomic E-state index is 15.0. The Hall–Kier alpha value is -3.86. The smallest absolute Gasteiger partial charge is 0.262 e. The highest BCUT2D eigenvalue weighted by Crippen LogP contribution is 2.42. The van der Waals surface area contributed by atoms with Gasteiger partial charge in [-0.25, -0.2) is 9.37 Å². The van der Waals surface area contributed by atoms with E-state index in [1.807, 2.05) is 37.4 Å². The van der Waals surface area contributed by atoms with Gasteiger partial charge < -0.3 is 15.0 Å². The van der Waals surface area contributed by atoms with Gasteiger partial charge in [0.1, 0.15) is 17.2 Å². The molecule has 38 heavy (non-hydrogen) atoms. The Morgan fingerprint density at radius 3 is 2.61 bits per heavy atom. The summed E-state index contributed by atoms with van der Waals surface area (Å²) in [5.74, 6) is -0.635. The maximum Gasteiger partial charge on any atom is 0.262 e. The lowest BCUT2D eigenvalue weighted by Crippen LogP contribution is -2.37. The van der Waals surface area contributed by atoms with Gasteiger partial charge in [0.15, 0.2) is 11.5 Å². The summed E-state index contributed by atoms with van der Waals surface area (Å²) in [6, 6.07) is 6.86. The minimum atomic E-state index is -0.873. The van der Waals surface area contributed by atoms with E-state index in [4.69, 9.17) is 4.74 Å².